The highest BCUT2D eigenvalue weighted by Crippen LogP contribution is 2.44. The highest BCUT2D eigenvalue weighted by Gasteiger charge is 2.28. The molecule has 2 aromatic carbocycles. The zero-order valence-corrected chi connectivity index (χ0v) is 19.9. The molecular formula is C25H30N4O6. The van der Waals surface area contributed by atoms with E-state index in [1.54, 1.807) is 0 Å². The van der Waals surface area contributed by atoms with Crippen molar-refractivity contribution in [2.45, 2.75) is 19.8 Å². The van der Waals surface area contributed by atoms with E-state index in [-0.39, 0.29) is 50.5 Å². The number of hydrogen-bond donors (Lipinski definition) is 1. The predicted molar refractivity (Wildman–Crippen MR) is 130 cm³/mol. The molecule has 0 atom stereocenters. The number of azide groups is 1. The van der Waals surface area contributed by atoms with Gasteiger partial charge in [-0.2, -0.15) is 0 Å². The molecule has 35 heavy (non-hydrogen) atoms. The minimum Gasteiger partial charge on any atom is -0.449 e. The molecule has 0 saturated heterocycles. The molecule has 1 aliphatic carbocycles. The van der Waals surface area contributed by atoms with Crippen LogP contribution in [-0.2, 0) is 23.8 Å². The number of Topliss-reactive ketones (excluding diaryl/α,β-unsaturated/α-hetero) is 2. The third kappa shape index (κ3) is 9.58. The zero-order chi connectivity index (χ0) is 25.5. The van der Waals surface area contributed by atoms with Crippen LogP contribution >= 0.6 is 0 Å². The molecule has 0 saturated carbocycles. The van der Waals surface area contributed by atoms with Crippen LogP contribution in [0.5, 0.6) is 0 Å². The minimum atomic E-state index is -0.478. The minimum absolute atomic E-state index is 0.0269. The van der Waals surface area contributed by atoms with Crippen molar-refractivity contribution < 1.29 is 28.6 Å². The zero-order valence-electron chi connectivity index (χ0n) is 19.9. The molecule has 186 valence electrons. The summed E-state index contributed by atoms with van der Waals surface area (Å²) in [5, 5.41) is 5.84. The van der Waals surface area contributed by atoms with Gasteiger partial charge in [0.15, 0.2) is 11.6 Å². The Bertz CT molecular complexity index is 1000. The van der Waals surface area contributed by atoms with Crippen LogP contribution in [0.1, 0.15) is 30.9 Å². The number of ether oxygens (including phenoxy) is 3. The molecule has 0 heterocycles. The van der Waals surface area contributed by atoms with Crippen LogP contribution in [0.25, 0.3) is 21.6 Å². The van der Waals surface area contributed by atoms with Crippen LogP contribution in [0.3, 0.4) is 0 Å². The van der Waals surface area contributed by atoms with Gasteiger partial charge in [0.2, 0.25) is 0 Å². The SMILES string of the molecule is CC(=O)COCCN=[N+]=[N-].CC(=O)COCCNC(=O)OCC1c2ccccc2-c2ccccc21. The maximum absolute atomic E-state index is 11.9. The lowest BCUT2D eigenvalue weighted by molar-refractivity contribution is -0.122. The molecular weight excluding hydrogens is 452 g/mol. The third-order valence-corrected chi connectivity index (χ3v) is 4.87. The Morgan fingerprint density at radius 3 is 2.00 bits per heavy atom. The van der Waals surface area contributed by atoms with Crippen LogP contribution in [0.4, 0.5) is 4.79 Å². The summed E-state index contributed by atoms with van der Waals surface area (Å²) in [5.41, 5.74) is 12.6. The second kappa shape index (κ2) is 15.2. The largest absolute Gasteiger partial charge is 0.449 e. The third-order valence-electron chi connectivity index (χ3n) is 4.87. The van der Waals surface area contributed by atoms with Gasteiger partial charge in [-0.3, -0.25) is 9.59 Å². The molecule has 2 aromatic rings. The van der Waals surface area contributed by atoms with E-state index in [9.17, 15) is 14.4 Å². The Labute approximate surface area is 204 Å². The van der Waals surface area contributed by atoms with Crippen molar-refractivity contribution in [2.75, 3.05) is 46.1 Å². The molecule has 0 bridgehead atoms. The first-order valence-electron chi connectivity index (χ1n) is 11.2. The molecule has 0 aliphatic heterocycles. The second-order valence-corrected chi connectivity index (χ2v) is 7.72. The summed E-state index contributed by atoms with van der Waals surface area (Å²) in [6, 6.07) is 16.4. The van der Waals surface area contributed by atoms with Crippen LogP contribution in [0, 0.1) is 0 Å². The molecule has 3 rings (SSSR count). The smallest absolute Gasteiger partial charge is 0.407 e. The summed E-state index contributed by atoms with van der Waals surface area (Å²) >= 11 is 0. The van der Waals surface area contributed by atoms with Crippen molar-refractivity contribution in [3.05, 3.63) is 70.1 Å². The summed E-state index contributed by atoms with van der Waals surface area (Å²) in [6.07, 6.45) is -0.478. The van der Waals surface area contributed by atoms with E-state index in [4.69, 9.17) is 19.7 Å². The van der Waals surface area contributed by atoms with Crippen molar-refractivity contribution in [3.63, 3.8) is 0 Å². The average molecular weight is 483 g/mol. The fraction of sp³-hybridized carbons (Fsp3) is 0.400. The number of carbonyl (C=O) groups is 3. The van der Waals surface area contributed by atoms with E-state index in [0.29, 0.717) is 13.2 Å². The van der Waals surface area contributed by atoms with Crippen molar-refractivity contribution in [1.29, 1.82) is 0 Å². The summed E-state index contributed by atoms with van der Waals surface area (Å²) < 4.78 is 15.3. The Balaban J connectivity index is 0.000000367. The fourth-order valence-corrected chi connectivity index (χ4v) is 3.46. The number of carbonyl (C=O) groups excluding carboxylic acids is 3. The van der Waals surface area contributed by atoms with Gasteiger partial charge in [0.05, 0.1) is 13.2 Å². The first-order chi connectivity index (χ1) is 16.9. The van der Waals surface area contributed by atoms with Crippen LogP contribution in [0.15, 0.2) is 53.6 Å². The topological polar surface area (TPSA) is 140 Å². The normalized spacial score (nSPS) is 11.3. The molecule has 0 radical (unpaired) electrons. The average Bonchev–Trinajstić information content (AvgIpc) is 3.16. The summed E-state index contributed by atoms with van der Waals surface area (Å²) in [6.45, 7) is 4.52. The number of nitrogens with one attached hydrogen (secondary N) is 1. The van der Waals surface area contributed by atoms with Gasteiger partial charge in [0, 0.05) is 23.9 Å². The number of ketones is 2. The van der Waals surface area contributed by atoms with E-state index >= 15 is 0 Å². The lowest BCUT2D eigenvalue weighted by atomic mass is 9.98. The van der Waals surface area contributed by atoms with Gasteiger partial charge >= 0.3 is 6.09 Å². The van der Waals surface area contributed by atoms with Crippen LogP contribution < -0.4 is 5.32 Å². The van der Waals surface area contributed by atoms with Gasteiger partial charge in [-0.1, -0.05) is 53.6 Å². The van der Waals surface area contributed by atoms with Gasteiger partial charge in [-0.25, -0.2) is 4.79 Å². The molecule has 0 fully saturated rings. The molecule has 1 N–H and O–H groups in total. The van der Waals surface area contributed by atoms with E-state index in [1.807, 2.05) is 24.3 Å². The monoisotopic (exact) mass is 482 g/mol. The number of benzene rings is 2. The van der Waals surface area contributed by atoms with Gasteiger partial charge in [-0.15, -0.1) is 0 Å². The number of fused-ring (bicyclic) bond motifs is 3. The van der Waals surface area contributed by atoms with Crippen molar-refractivity contribution >= 4 is 17.7 Å². The Morgan fingerprint density at radius 1 is 0.914 bits per heavy atom. The predicted octanol–water partition coefficient (Wildman–Crippen LogP) is 4.03. The van der Waals surface area contributed by atoms with Crippen molar-refractivity contribution in [3.8, 4) is 11.1 Å². The summed E-state index contributed by atoms with van der Waals surface area (Å²) in [5.74, 6) is -0.0193. The van der Waals surface area contributed by atoms with Gasteiger partial charge in [0.25, 0.3) is 0 Å². The molecule has 0 aromatic heterocycles. The number of alkyl carbamates (subject to hydrolysis) is 1. The standard InChI is InChI=1S/C20H21NO4.C5H9N3O2/c1-14(22)12-24-11-10-21-20(23)25-13-19-17-8-4-2-6-15(17)16-7-3-5-9-18(16)19;1-5(9)4-10-3-2-7-8-6/h2-9,19H,10-13H2,1H3,(H,21,23);2-4H2,1H3. The lowest BCUT2D eigenvalue weighted by Gasteiger charge is -2.14. The Hall–Kier alpha value is -3.72. The van der Waals surface area contributed by atoms with Crippen molar-refractivity contribution in [1.82, 2.24) is 5.32 Å². The van der Waals surface area contributed by atoms with E-state index in [1.165, 1.54) is 36.1 Å². The van der Waals surface area contributed by atoms with Crippen LogP contribution in [-0.4, -0.2) is 63.8 Å². The first kappa shape index (κ1) is 27.5. The van der Waals surface area contributed by atoms with E-state index < -0.39 is 6.09 Å². The Morgan fingerprint density at radius 2 is 1.46 bits per heavy atom. The van der Waals surface area contributed by atoms with Gasteiger partial charge in [-0.05, 0) is 41.6 Å². The number of nitrogens with zero attached hydrogens (tertiary/aromatic N) is 3. The van der Waals surface area contributed by atoms with Crippen LogP contribution in [0.2, 0.25) is 0 Å². The molecule has 1 amide bonds. The van der Waals surface area contributed by atoms with Crippen molar-refractivity contribution in [2.24, 2.45) is 5.11 Å². The maximum Gasteiger partial charge on any atom is 0.407 e. The summed E-state index contributed by atoms with van der Waals surface area (Å²) in [4.78, 5) is 35.4. The molecule has 10 heteroatoms. The summed E-state index contributed by atoms with van der Waals surface area (Å²) in [7, 11) is 0. The molecule has 0 unspecified atom stereocenters. The number of amides is 1. The molecule has 1 aliphatic rings. The highest BCUT2D eigenvalue weighted by atomic mass is 16.5. The highest BCUT2D eigenvalue weighted by molar-refractivity contribution is 5.79. The second-order valence-electron chi connectivity index (χ2n) is 7.72. The Kier molecular flexibility index (Phi) is 12.0. The lowest BCUT2D eigenvalue weighted by Crippen LogP contribution is -2.29. The fourth-order valence-electron chi connectivity index (χ4n) is 3.46. The molecule has 0 spiro atoms. The van der Waals surface area contributed by atoms with Gasteiger partial charge in [0.1, 0.15) is 19.8 Å². The van der Waals surface area contributed by atoms with E-state index in [2.05, 4.69) is 39.6 Å². The molecule has 10 nitrogen and oxygen atoms in total. The maximum atomic E-state index is 11.9. The van der Waals surface area contributed by atoms with E-state index in [0.717, 1.165) is 0 Å². The quantitative estimate of drug-likeness (QED) is 0.210. The van der Waals surface area contributed by atoms with Gasteiger partial charge < -0.3 is 19.5 Å². The number of rotatable bonds is 12. The first-order valence-corrected chi connectivity index (χ1v) is 11.2. The number of hydrogen-bond acceptors (Lipinski definition) is 7.